The SMILES string of the molecule is CN(C)c1nc(C(F)(F)F)cc(=O)n1-c1cc(F)c(C#N)cc1F. The van der Waals surface area contributed by atoms with Crippen molar-refractivity contribution in [2.75, 3.05) is 19.0 Å². The molecule has 0 bridgehead atoms. The largest absolute Gasteiger partial charge is 0.433 e. The van der Waals surface area contributed by atoms with Crippen molar-refractivity contribution in [3.63, 3.8) is 0 Å². The number of rotatable bonds is 2. The van der Waals surface area contributed by atoms with E-state index < -0.39 is 46.3 Å². The van der Waals surface area contributed by atoms with E-state index in [9.17, 15) is 26.7 Å². The predicted octanol–water partition coefficient (Wildman–Crippen LogP) is 2.47. The summed E-state index contributed by atoms with van der Waals surface area (Å²) < 4.78 is 66.7. The lowest BCUT2D eigenvalue weighted by molar-refractivity contribution is -0.141. The molecule has 5 nitrogen and oxygen atoms in total. The van der Waals surface area contributed by atoms with E-state index in [-0.39, 0.29) is 6.07 Å². The molecule has 0 N–H and O–H groups in total. The van der Waals surface area contributed by atoms with Crippen LogP contribution in [-0.4, -0.2) is 23.6 Å². The summed E-state index contributed by atoms with van der Waals surface area (Å²) in [6, 6.07) is 2.70. The minimum Gasteiger partial charge on any atom is -0.348 e. The molecule has 0 fully saturated rings. The fourth-order valence-electron chi connectivity index (χ4n) is 1.94. The third kappa shape index (κ3) is 3.05. The monoisotopic (exact) mass is 344 g/mol. The Morgan fingerprint density at radius 3 is 2.29 bits per heavy atom. The van der Waals surface area contributed by atoms with Crippen LogP contribution in [0.4, 0.5) is 27.9 Å². The minimum atomic E-state index is -4.88. The Morgan fingerprint density at radius 1 is 1.17 bits per heavy atom. The molecule has 0 aliphatic carbocycles. The minimum absolute atomic E-state index is 0.183. The van der Waals surface area contributed by atoms with Crippen molar-refractivity contribution in [2.24, 2.45) is 0 Å². The Bertz CT molecular complexity index is 896. The van der Waals surface area contributed by atoms with Gasteiger partial charge in [-0.2, -0.15) is 18.4 Å². The fraction of sp³-hybridized carbons (Fsp3) is 0.214. The maximum Gasteiger partial charge on any atom is 0.433 e. The second-order valence-corrected chi connectivity index (χ2v) is 4.90. The lowest BCUT2D eigenvalue weighted by atomic mass is 10.2. The van der Waals surface area contributed by atoms with Crippen molar-refractivity contribution in [3.8, 4) is 11.8 Å². The summed E-state index contributed by atoms with van der Waals surface area (Å²) in [4.78, 5) is 16.4. The molecule has 0 aliphatic rings. The van der Waals surface area contributed by atoms with Gasteiger partial charge in [-0.3, -0.25) is 4.79 Å². The van der Waals surface area contributed by atoms with Crippen LogP contribution in [-0.2, 0) is 6.18 Å². The lowest BCUT2D eigenvalue weighted by Gasteiger charge is -2.20. The summed E-state index contributed by atoms with van der Waals surface area (Å²) in [5, 5.41) is 8.66. The van der Waals surface area contributed by atoms with E-state index in [1.165, 1.54) is 20.2 Å². The van der Waals surface area contributed by atoms with Crippen LogP contribution in [0, 0.1) is 23.0 Å². The first-order chi connectivity index (χ1) is 11.1. The van der Waals surface area contributed by atoms with E-state index >= 15 is 0 Å². The van der Waals surface area contributed by atoms with Crippen molar-refractivity contribution in [2.45, 2.75) is 6.18 Å². The fourth-order valence-corrected chi connectivity index (χ4v) is 1.94. The summed E-state index contributed by atoms with van der Waals surface area (Å²) in [7, 11) is 2.58. The van der Waals surface area contributed by atoms with Crippen LogP contribution >= 0.6 is 0 Å². The first-order valence-electron chi connectivity index (χ1n) is 6.34. The molecule has 0 radical (unpaired) electrons. The number of hydrogen-bond acceptors (Lipinski definition) is 4. The molecular weight excluding hydrogens is 335 g/mol. The lowest BCUT2D eigenvalue weighted by Crippen LogP contribution is -2.30. The van der Waals surface area contributed by atoms with Gasteiger partial charge in [0.25, 0.3) is 5.56 Å². The van der Waals surface area contributed by atoms with Crippen LogP contribution in [0.15, 0.2) is 23.0 Å². The van der Waals surface area contributed by atoms with Crippen LogP contribution in [0.1, 0.15) is 11.3 Å². The zero-order valence-electron chi connectivity index (χ0n) is 12.3. The predicted molar refractivity (Wildman–Crippen MR) is 73.8 cm³/mol. The average molecular weight is 344 g/mol. The summed E-state index contributed by atoms with van der Waals surface area (Å²) in [5.41, 5.74) is -3.96. The van der Waals surface area contributed by atoms with E-state index in [2.05, 4.69) is 4.98 Å². The van der Waals surface area contributed by atoms with Crippen LogP contribution < -0.4 is 10.5 Å². The van der Waals surface area contributed by atoms with Crippen LogP contribution in [0.2, 0.25) is 0 Å². The summed E-state index contributed by atoms with van der Waals surface area (Å²) in [5.74, 6) is -2.82. The number of nitriles is 1. The standard InChI is InChI=1S/C14H9F5N4O/c1-22(2)13-21-11(14(17,18)19)5-12(24)23(13)10-4-8(15)7(6-20)3-9(10)16/h3-5H,1-2H3. The molecule has 0 amide bonds. The van der Waals surface area contributed by atoms with Crippen molar-refractivity contribution in [1.29, 1.82) is 5.26 Å². The highest BCUT2D eigenvalue weighted by atomic mass is 19.4. The van der Waals surface area contributed by atoms with Crippen LogP contribution in [0.25, 0.3) is 5.69 Å². The molecule has 10 heteroatoms. The third-order valence-electron chi connectivity index (χ3n) is 2.99. The first kappa shape index (κ1) is 17.4. The Hall–Kier alpha value is -2.96. The Morgan fingerprint density at radius 2 is 1.79 bits per heavy atom. The molecule has 2 rings (SSSR count). The maximum atomic E-state index is 14.1. The molecule has 0 unspecified atom stereocenters. The van der Waals surface area contributed by atoms with Gasteiger partial charge in [0.1, 0.15) is 17.7 Å². The normalized spacial score (nSPS) is 11.2. The van der Waals surface area contributed by atoms with Gasteiger partial charge in [-0.05, 0) is 6.07 Å². The van der Waals surface area contributed by atoms with Crippen LogP contribution in [0.5, 0.6) is 0 Å². The summed E-state index contributed by atoms with van der Waals surface area (Å²) >= 11 is 0. The highest BCUT2D eigenvalue weighted by molar-refractivity contribution is 5.47. The molecule has 126 valence electrons. The number of anilines is 1. The molecule has 0 atom stereocenters. The Labute approximate surface area is 132 Å². The van der Waals surface area contributed by atoms with Crippen molar-refractivity contribution in [1.82, 2.24) is 9.55 Å². The molecular formula is C14H9F5N4O. The van der Waals surface area contributed by atoms with E-state index in [0.717, 1.165) is 4.90 Å². The smallest absolute Gasteiger partial charge is 0.348 e. The topological polar surface area (TPSA) is 61.9 Å². The van der Waals surface area contributed by atoms with Gasteiger partial charge >= 0.3 is 6.18 Å². The van der Waals surface area contributed by atoms with Gasteiger partial charge in [0.05, 0.1) is 11.3 Å². The zero-order valence-corrected chi connectivity index (χ0v) is 12.3. The highest BCUT2D eigenvalue weighted by Gasteiger charge is 2.34. The number of hydrogen-bond donors (Lipinski definition) is 0. The van der Waals surface area contributed by atoms with Gasteiger partial charge in [-0.1, -0.05) is 0 Å². The van der Waals surface area contributed by atoms with Gasteiger partial charge in [0.2, 0.25) is 5.95 Å². The number of benzene rings is 1. The number of nitrogens with zero attached hydrogens (tertiary/aromatic N) is 4. The maximum absolute atomic E-state index is 14.1. The second kappa shape index (κ2) is 5.92. The molecule has 0 spiro atoms. The summed E-state index contributed by atoms with van der Waals surface area (Å²) in [6.07, 6.45) is -4.88. The van der Waals surface area contributed by atoms with Crippen LogP contribution in [0.3, 0.4) is 0 Å². The number of aromatic nitrogens is 2. The molecule has 0 saturated carbocycles. The molecule has 1 aromatic carbocycles. The third-order valence-corrected chi connectivity index (χ3v) is 2.99. The van der Waals surface area contributed by atoms with Crippen molar-refractivity contribution in [3.05, 3.63) is 51.4 Å². The quantitative estimate of drug-likeness (QED) is 0.786. The van der Waals surface area contributed by atoms with Gasteiger partial charge in [0, 0.05) is 26.2 Å². The van der Waals surface area contributed by atoms with Crippen molar-refractivity contribution >= 4 is 5.95 Å². The second-order valence-electron chi connectivity index (χ2n) is 4.90. The van der Waals surface area contributed by atoms with Gasteiger partial charge in [-0.25, -0.2) is 18.3 Å². The molecule has 0 saturated heterocycles. The number of halogens is 5. The molecule has 2 aromatic rings. The van der Waals surface area contributed by atoms with Gasteiger partial charge in [-0.15, -0.1) is 0 Å². The van der Waals surface area contributed by atoms with Gasteiger partial charge < -0.3 is 4.90 Å². The Kier molecular flexibility index (Phi) is 4.29. The molecule has 1 heterocycles. The first-order valence-corrected chi connectivity index (χ1v) is 6.34. The summed E-state index contributed by atoms with van der Waals surface area (Å²) in [6.45, 7) is 0. The average Bonchev–Trinajstić information content (AvgIpc) is 2.47. The van der Waals surface area contributed by atoms with Crippen molar-refractivity contribution < 1.29 is 22.0 Å². The molecule has 0 aliphatic heterocycles. The number of alkyl halides is 3. The Balaban J connectivity index is 2.83. The molecule has 24 heavy (non-hydrogen) atoms. The molecule has 1 aromatic heterocycles. The van der Waals surface area contributed by atoms with E-state index in [1.807, 2.05) is 0 Å². The van der Waals surface area contributed by atoms with E-state index in [1.54, 1.807) is 0 Å². The van der Waals surface area contributed by atoms with E-state index in [0.29, 0.717) is 16.7 Å². The van der Waals surface area contributed by atoms with Gasteiger partial charge in [0.15, 0.2) is 5.69 Å². The van der Waals surface area contributed by atoms with E-state index in [4.69, 9.17) is 5.26 Å². The zero-order chi connectivity index (χ0) is 18.2. The highest BCUT2D eigenvalue weighted by Crippen LogP contribution is 2.29.